The van der Waals surface area contributed by atoms with Crippen LogP contribution in [0.15, 0.2) is 54.6 Å². The fourth-order valence-corrected chi connectivity index (χ4v) is 3.97. The van der Waals surface area contributed by atoms with Gasteiger partial charge in [0, 0.05) is 27.9 Å². The number of nitro benzene ring substituents is 1. The smallest absolute Gasteiger partial charge is 0.330 e. The van der Waals surface area contributed by atoms with E-state index in [0.717, 1.165) is 0 Å². The average Bonchev–Trinajstić information content (AvgIpc) is 2.94. The molecular formula is C19H9Cl3N2O4. The van der Waals surface area contributed by atoms with Crippen LogP contribution in [0.1, 0.15) is 10.4 Å². The van der Waals surface area contributed by atoms with Gasteiger partial charge in [0.2, 0.25) is 0 Å². The van der Waals surface area contributed by atoms with Crippen molar-refractivity contribution in [3.63, 3.8) is 0 Å². The van der Waals surface area contributed by atoms with Crippen LogP contribution in [0.2, 0.25) is 15.1 Å². The van der Waals surface area contributed by atoms with Gasteiger partial charge in [0.25, 0.3) is 5.69 Å². The highest BCUT2D eigenvalue weighted by Gasteiger charge is 2.22. The minimum atomic E-state index is -0.785. The number of nitrogens with zero attached hydrogens (tertiary/aromatic N) is 2. The van der Waals surface area contributed by atoms with Crippen LogP contribution in [-0.4, -0.2) is 15.6 Å². The molecule has 4 aromatic rings. The summed E-state index contributed by atoms with van der Waals surface area (Å²) in [4.78, 5) is 29.0. The molecule has 0 radical (unpaired) electrons. The highest BCUT2D eigenvalue weighted by molar-refractivity contribution is 6.41. The molecule has 0 aliphatic heterocycles. The summed E-state index contributed by atoms with van der Waals surface area (Å²) >= 11 is 18.1. The largest absolute Gasteiger partial charge is 0.366 e. The average molecular weight is 436 g/mol. The van der Waals surface area contributed by atoms with Gasteiger partial charge >= 0.3 is 5.97 Å². The summed E-state index contributed by atoms with van der Waals surface area (Å²) in [6, 6.07) is 14.2. The number of benzene rings is 3. The molecule has 0 saturated carbocycles. The Labute approximate surface area is 172 Å². The van der Waals surface area contributed by atoms with Crippen LogP contribution >= 0.6 is 34.8 Å². The van der Waals surface area contributed by atoms with Crippen LogP contribution < -0.4 is 4.84 Å². The number of aromatic nitrogens is 1. The summed E-state index contributed by atoms with van der Waals surface area (Å²) in [5, 5.41) is 12.8. The summed E-state index contributed by atoms with van der Waals surface area (Å²) in [6.07, 6.45) is 0. The van der Waals surface area contributed by atoms with Crippen LogP contribution in [0.5, 0.6) is 0 Å². The molecule has 1 heterocycles. The number of fused-ring (bicyclic) bond motifs is 3. The Morgan fingerprint density at radius 1 is 0.929 bits per heavy atom. The first kappa shape index (κ1) is 18.6. The van der Waals surface area contributed by atoms with Crippen molar-refractivity contribution in [2.24, 2.45) is 0 Å². The van der Waals surface area contributed by atoms with Crippen molar-refractivity contribution >= 4 is 68.3 Å². The van der Waals surface area contributed by atoms with Crippen LogP contribution in [0.25, 0.3) is 21.8 Å². The van der Waals surface area contributed by atoms with Gasteiger partial charge in [0.1, 0.15) is 0 Å². The molecule has 3 aromatic carbocycles. The van der Waals surface area contributed by atoms with Crippen LogP contribution in [0.3, 0.4) is 0 Å². The fourth-order valence-electron chi connectivity index (χ4n) is 3.00. The first-order valence-electron chi connectivity index (χ1n) is 7.91. The maximum Gasteiger partial charge on any atom is 0.366 e. The molecule has 6 nitrogen and oxygen atoms in total. The van der Waals surface area contributed by atoms with Crippen molar-refractivity contribution < 1.29 is 14.6 Å². The van der Waals surface area contributed by atoms with Crippen molar-refractivity contribution in [2.45, 2.75) is 0 Å². The van der Waals surface area contributed by atoms with E-state index in [9.17, 15) is 14.9 Å². The summed E-state index contributed by atoms with van der Waals surface area (Å²) in [5.74, 6) is -0.785. The van der Waals surface area contributed by atoms with E-state index in [1.54, 1.807) is 24.3 Å². The van der Waals surface area contributed by atoms with Gasteiger partial charge in [-0.2, -0.15) is 4.73 Å². The van der Waals surface area contributed by atoms with Crippen LogP contribution in [0, 0.1) is 10.1 Å². The number of carbonyl (C=O) groups is 1. The molecule has 1 aromatic heterocycles. The first-order valence-corrected chi connectivity index (χ1v) is 9.05. The number of rotatable bonds is 3. The Kier molecular flexibility index (Phi) is 4.63. The number of hydrogen-bond acceptors (Lipinski definition) is 4. The SMILES string of the molecule is O=C(On1c2ccccc2c2cc([N+](=O)[O-])ccc21)c1c(Cl)cc(Cl)cc1Cl. The Hall–Kier alpha value is -2.80. The van der Waals surface area contributed by atoms with E-state index in [2.05, 4.69) is 0 Å². The van der Waals surface area contributed by atoms with Gasteiger partial charge in [-0.05, 0) is 24.3 Å². The van der Waals surface area contributed by atoms with Gasteiger partial charge < -0.3 is 4.84 Å². The molecule has 0 bridgehead atoms. The Bertz CT molecular complexity index is 1260. The van der Waals surface area contributed by atoms with E-state index in [1.807, 2.05) is 0 Å². The van der Waals surface area contributed by atoms with Crippen LogP contribution in [-0.2, 0) is 0 Å². The molecule has 0 spiro atoms. The van der Waals surface area contributed by atoms with Gasteiger partial charge in [-0.3, -0.25) is 10.1 Å². The van der Waals surface area contributed by atoms with E-state index in [0.29, 0.717) is 21.8 Å². The van der Waals surface area contributed by atoms with Crippen LogP contribution in [0.4, 0.5) is 5.69 Å². The van der Waals surface area contributed by atoms with Gasteiger partial charge in [0.15, 0.2) is 0 Å². The summed E-state index contributed by atoms with van der Waals surface area (Å²) in [5.41, 5.74) is 0.958. The lowest BCUT2D eigenvalue weighted by Crippen LogP contribution is -2.20. The third-order valence-corrected chi connectivity index (χ3v) is 5.02. The van der Waals surface area contributed by atoms with Crippen molar-refractivity contribution in [1.82, 2.24) is 4.73 Å². The predicted octanol–water partition coefficient (Wildman–Crippen LogP) is 5.93. The number of nitro groups is 1. The lowest BCUT2D eigenvalue weighted by atomic mass is 10.1. The summed E-state index contributed by atoms with van der Waals surface area (Å²) in [7, 11) is 0. The number of halogens is 3. The van der Waals surface area contributed by atoms with E-state index >= 15 is 0 Å². The van der Waals surface area contributed by atoms with Gasteiger partial charge in [0.05, 0.1) is 31.6 Å². The third kappa shape index (κ3) is 3.05. The molecule has 0 unspecified atom stereocenters. The predicted molar refractivity (Wildman–Crippen MR) is 108 cm³/mol. The Balaban J connectivity index is 1.89. The van der Waals surface area contributed by atoms with Gasteiger partial charge in [-0.15, -0.1) is 0 Å². The Morgan fingerprint density at radius 3 is 2.25 bits per heavy atom. The minimum Gasteiger partial charge on any atom is -0.330 e. The zero-order chi connectivity index (χ0) is 20.0. The van der Waals surface area contributed by atoms with Crippen molar-refractivity contribution in [3.8, 4) is 0 Å². The molecule has 4 rings (SSSR count). The molecule has 0 aliphatic carbocycles. The molecule has 0 saturated heterocycles. The summed E-state index contributed by atoms with van der Waals surface area (Å²) < 4.78 is 1.30. The zero-order valence-electron chi connectivity index (χ0n) is 13.9. The van der Waals surface area contributed by atoms with E-state index in [-0.39, 0.29) is 26.3 Å². The van der Waals surface area contributed by atoms with Crippen molar-refractivity contribution in [3.05, 3.63) is 85.3 Å². The molecule has 0 amide bonds. The topological polar surface area (TPSA) is 74.4 Å². The second-order valence-corrected chi connectivity index (χ2v) is 7.14. The molecular weight excluding hydrogens is 427 g/mol. The standard InChI is InChI=1S/C19H9Cl3N2O4/c20-10-7-14(21)18(15(22)8-10)19(25)28-23-16-4-2-1-3-12(16)13-9-11(24(26)27)5-6-17(13)23/h1-9H. The quantitative estimate of drug-likeness (QED) is 0.295. The fraction of sp³-hybridized carbons (Fsp3) is 0. The Morgan fingerprint density at radius 2 is 1.57 bits per heavy atom. The lowest BCUT2D eigenvalue weighted by Gasteiger charge is -2.10. The molecule has 140 valence electrons. The second kappa shape index (κ2) is 6.98. The molecule has 0 atom stereocenters. The van der Waals surface area contributed by atoms with E-state index in [4.69, 9.17) is 39.6 Å². The third-order valence-electron chi connectivity index (χ3n) is 4.21. The van der Waals surface area contributed by atoms with Gasteiger partial charge in [-0.25, -0.2) is 4.79 Å². The lowest BCUT2D eigenvalue weighted by molar-refractivity contribution is -0.384. The van der Waals surface area contributed by atoms with E-state index in [1.165, 1.54) is 35.1 Å². The number of para-hydroxylation sites is 1. The number of hydrogen-bond donors (Lipinski definition) is 0. The monoisotopic (exact) mass is 434 g/mol. The molecule has 0 N–H and O–H groups in total. The highest BCUT2D eigenvalue weighted by Crippen LogP contribution is 2.33. The second-order valence-electron chi connectivity index (χ2n) is 5.89. The number of carbonyl (C=O) groups excluding carboxylic acids is 1. The van der Waals surface area contributed by atoms with Crippen molar-refractivity contribution in [2.75, 3.05) is 0 Å². The maximum absolute atomic E-state index is 12.8. The molecule has 0 aliphatic rings. The molecule has 9 heteroatoms. The minimum absolute atomic E-state index is 0.0272. The van der Waals surface area contributed by atoms with E-state index < -0.39 is 10.9 Å². The highest BCUT2D eigenvalue weighted by atomic mass is 35.5. The summed E-state index contributed by atoms with van der Waals surface area (Å²) in [6.45, 7) is 0. The molecule has 28 heavy (non-hydrogen) atoms. The number of non-ortho nitro benzene ring substituents is 1. The van der Waals surface area contributed by atoms with Gasteiger partial charge in [-0.1, -0.05) is 53.0 Å². The first-order chi connectivity index (χ1) is 13.4. The van der Waals surface area contributed by atoms with Crippen molar-refractivity contribution in [1.29, 1.82) is 0 Å². The molecule has 0 fully saturated rings. The maximum atomic E-state index is 12.8. The normalized spacial score (nSPS) is 11.1. The zero-order valence-corrected chi connectivity index (χ0v) is 16.1.